The standard InChI is InChI=1S/C18H18ClFN2O4/c19-12-3-6-15(14(20)10-12)26-18-21-8-7-16(22-18)25-13-4-1-11(2-5-13)9-17(23)24/h3,6-8,10-11,13H,1-2,4-5,9H2,(H,23,24). The Morgan fingerprint density at radius 2 is 2.04 bits per heavy atom. The van der Waals surface area contributed by atoms with Crippen molar-refractivity contribution in [1.82, 2.24) is 9.97 Å². The van der Waals surface area contributed by atoms with E-state index in [9.17, 15) is 9.18 Å². The second kappa shape index (κ2) is 8.31. The molecule has 1 N–H and O–H groups in total. The first-order chi connectivity index (χ1) is 12.5. The lowest BCUT2D eigenvalue weighted by atomic mass is 9.85. The second-order valence-corrected chi connectivity index (χ2v) is 6.65. The summed E-state index contributed by atoms with van der Waals surface area (Å²) in [4.78, 5) is 18.9. The molecule has 26 heavy (non-hydrogen) atoms. The van der Waals surface area contributed by atoms with Crippen molar-refractivity contribution in [2.75, 3.05) is 0 Å². The quantitative estimate of drug-likeness (QED) is 0.796. The molecule has 0 spiro atoms. The number of hydrogen-bond donors (Lipinski definition) is 1. The molecular weight excluding hydrogens is 363 g/mol. The number of nitrogens with zero attached hydrogens (tertiary/aromatic N) is 2. The molecule has 1 heterocycles. The SMILES string of the molecule is O=C(O)CC1CCC(Oc2ccnc(Oc3ccc(Cl)cc3F)n2)CC1. The van der Waals surface area contributed by atoms with Crippen LogP contribution in [0.4, 0.5) is 4.39 Å². The van der Waals surface area contributed by atoms with Gasteiger partial charge in [-0.3, -0.25) is 4.79 Å². The molecule has 0 atom stereocenters. The zero-order valence-corrected chi connectivity index (χ0v) is 14.7. The van der Waals surface area contributed by atoms with Crippen LogP contribution in [0.2, 0.25) is 5.02 Å². The monoisotopic (exact) mass is 380 g/mol. The lowest BCUT2D eigenvalue weighted by Crippen LogP contribution is -2.25. The van der Waals surface area contributed by atoms with Crippen molar-refractivity contribution >= 4 is 17.6 Å². The molecule has 0 unspecified atom stereocenters. The largest absolute Gasteiger partial charge is 0.481 e. The summed E-state index contributed by atoms with van der Waals surface area (Å²) in [5.74, 6) is -0.859. The minimum Gasteiger partial charge on any atom is -0.481 e. The summed E-state index contributed by atoms with van der Waals surface area (Å²) in [7, 11) is 0. The summed E-state index contributed by atoms with van der Waals surface area (Å²) in [6.07, 6.45) is 4.79. The van der Waals surface area contributed by atoms with E-state index in [-0.39, 0.29) is 35.2 Å². The van der Waals surface area contributed by atoms with Crippen LogP contribution in [0.15, 0.2) is 30.5 Å². The van der Waals surface area contributed by atoms with Gasteiger partial charge in [0.05, 0.1) is 0 Å². The first-order valence-corrected chi connectivity index (χ1v) is 8.72. The Kier molecular flexibility index (Phi) is 5.88. The molecule has 1 aliphatic carbocycles. The molecule has 6 nitrogen and oxygen atoms in total. The molecule has 3 rings (SSSR count). The highest BCUT2D eigenvalue weighted by Gasteiger charge is 2.24. The molecule has 0 amide bonds. The molecule has 1 aromatic heterocycles. The summed E-state index contributed by atoms with van der Waals surface area (Å²) in [5, 5.41) is 9.13. The predicted molar refractivity (Wildman–Crippen MR) is 92.1 cm³/mol. The van der Waals surface area contributed by atoms with Gasteiger partial charge in [-0.25, -0.2) is 9.37 Å². The maximum Gasteiger partial charge on any atom is 0.325 e. The fourth-order valence-corrected chi connectivity index (χ4v) is 3.13. The van der Waals surface area contributed by atoms with Crippen LogP contribution in [0, 0.1) is 11.7 Å². The van der Waals surface area contributed by atoms with Crippen LogP contribution in [0.5, 0.6) is 17.6 Å². The van der Waals surface area contributed by atoms with Gasteiger partial charge >= 0.3 is 12.0 Å². The van der Waals surface area contributed by atoms with Gasteiger partial charge in [0.2, 0.25) is 5.88 Å². The van der Waals surface area contributed by atoms with Crippen molar-refractivity contribution in [2.24, 2.45) is 5.92 Å². The Morgan fingerprint density at radius 1 is 1.27 bits per heavy atom. The van der Waals surface area contributed by atoms with Crippen LogP contribution in [-0.4, -0.2) is 27.1 Å². The van der Waals surface area contributed by atoms with E-state index in [1.807, 2.05) is 0 Å². The van der Waals surface area contributed by atoms with Gasteiger partial charge in [0, 0.05) is 23.7 Å². The lowest BCUT2D eigenvalue weighted by molar-refractivity contribution is -0.138. The van der Waals surface area contributed by atoms with Gasteiger partial charge in [-0.05, 0) is 49.8 Å². The summed E-state index contributed by atoms with van der Waals surface area (Å²) in [5.41, 5.74) is 0. The summed E-state index contributed by atoms with van der Waals surface area (Å²) < 4.78 is 25.0. The van der Waals surface area contributed by atoms with Crippen molar-refractivity contribution in [3.63, 3.8) is 0 Å². The fourth-order valence-electron chi connectivity index (χ4n) is 2.97. The number of carboxylic acid groups (broad SMARTS) is 1. The zero-order valence-electron chi connectivity index (χ0n) is 13.9. The number of ether oxygens (including phenoxy) is 2. The first kappa shape index (κ1) is 18.4. The zero-order chi connectivity index (χ0) is 18.5. The molecular formula is C18H18ClFN2O4. The second-order valence-electron chi connectivity index (χ2n) is 6.21. The van der Waals surface area contributed by atoms with Gasteiger partial charge in [0.1, 0.15) is 6.10 Å². The van der Waals surface area contributed by atoms with Crippen molar-refractivity contribution in [3.8, 4) is 17.6 Å². The van der Waals surface area contributed by atoms with Crippen LogP contribution in [-0.2, 0) is 4.79 Å². The Morgan fingerprint density at radius 3 is 2.73 bits per heavy atom. The van der Waals surface area contributed by atoms with E-state index in [1.165, 1.54) is 18.3 Å². The maximum absolute atomic E-state index is 13.8. The Balaban J connectivity index is 1.59. The van der Waals surface area contributed by atoms with Gasteiger partial charge < -0.3 is 14.6 Å². The van der Waals surface area contributed by atoms with Gasteiger partial charge in [-0.15, -0.1) is 0 Å². The Hall–Kier alpha value is -2.41. The maximum atomic E-state index is 13.8. The van der Waals surface area contributed by atoms with Crippen LogP contribution < -0.4 is 9.47 Å². The summed E-state index contributed by atoms with van der Waals surface area (Å²) in [6.45, 7) is 0. The number of rotatable bonds is 6. The van der Waals surface area contributed by atoms with E-state index >= 15 is 0 Å². The molecule has 138 valence electrons. The number of hydrogen-bond acceptors (Lipinski definition) is 5. The highest BCUT2D eigenvalue weighted by Crippen LogP contribution is 2.30. The fraction of sp³-hybridized carbons (Fsp3) is 0.389. The van der Waals surface area contributed by atoms with Crippen molar-refractivity contribution in [2.45, 2.75) is 38.2 Å². The normalized spacial score (nSPS) is 19.8. The Labute approximate surface area is 154 Å². The minimum absolute atomic E-state index is 0.0247. The van der Waals surface area contributed by atoms with E-state index in [0.717, 1.165) is 31.7 Å². The molecule has 1 saturated carbocycles. The highest BCUT2D eigenvalue weighted by atomic mass is 35.5. The summed E-state index contributed by atoms with van der Waals surface area (Å²) in [6, 6.07) is 5.64. The third-order valence-electron chi connectivity index (χ3n) is 4.25. The van der Waals surface area contributed by atoms with E-state index in [2.05, 4.69) is 9.97 Å². The average molecular weight is 381 g/mol. The molecule has 1 aromatic carbocycles. The van der Waals surface area contributed by atoms with Crippen molar-refractivity contribution in [3.05, 3.63) is 41.3 Å². The van der Waals surface area contributed by atoms with Crippen LogP contribution in [0.1, 0.15) is 32.1 Å². The third kappa shape index (κ3) is 5.05. The van der Waals surface area contributed by atoms with E-state index in [4.69, 9.17) is 26.2 Å². The molecule has 2 aromatic rings. The first-order valence-electron chi connectivity index (χ1n) is 8.34. The number of carboxylic acids is 1. The lowest BCUT2D eigenvalue weighted by Gasteiger charge is -2.27. The van der Waals surface area contributed by atoms with E-state index in [0.29, 0.717) is 5.88 Å². The number of benzene rings is 1. The number of carbonyl (C=O) groups is 1. The number of aliphatic carboxylic acids is 1. The predicted octanol–water partition coefficient (Wildman–Crippen LogP) is 4.47. The Bertz CT molecular complexity index is 782. The highest BCUT2D eigenvalue weighted by molar-refractivity contribution is 6.30. The third-order valence-corrected chi connectivity index (χ3v) is 4.48. The minimum atomic E-state index is -0.763. The molecule has 0 aliphatic heterocycles. The van der Waals surface area contributed by atoms with Crippen LogP contribution in [0.3, 0.4) is 0 Å². The molecule has 0 saturated heterocycles. The van der Waals surface area contributed by atoms with Crippen LogP contribution in [0.25, 0.3) is 0 Å². The number of halogens is 2. The van der Waals surface area contributed by atoms with Crippen LogP contribution >= 0.6 is 11.6 Å². The van der Waals surface area contributed by atoms with Gasteiger partial charge in [0.25, 0.3) is 0 Å². The van der Waals surface area contributed by atoms with E-state index in [1.54, 1.807) is 6.07 Å². The van der Waals surface area contributed by atoms with Gasteiger partial charge in [-0.1, -0.05) is 11.6 Å². The molecule has 0 radical (unpaired) electrons. The topological polar surface area (TPSA) is 81.5 Å². The molecule has 0 bridgehead atoms. The molecule has 1 aliphatic rings. The average Bonchev–Trinajstić information content (AvgIpc) is 2.59. The summed E-state index contributed by atoms with van der Waals surface area (Å²) >= 11 is 5.71. The smallest absolute Gasteiger partial charge is 0.325 e. The van der Waals surface area contributed by atoms with Gasteiger partial charge in [0.15, 0.2) is 11.6 Å². The van der Waals surface area contributed by atoms with Crippen molar-refractivity contribution in [1.29, 1.82) is 0 Å². The van der Waals surface area contributed by atoms with E-state index < -0.39 is 11.8 Å². The van der Waals surface area contributed by atoms with Gasteiger partial charge in [-0.2, -0.15) is 4.98 Å². The number of aromatic nitrogens is 2. The van der Waals surface area contributed by atoms with Crippen molar-refractivity contribution < 1.29 is 23.8 Å². The molecule has 8 heteroatoms. The molecule has 1 fully saturated rings.